The normalized spacial score (nSPS) is 16.8. The molecule has 0 saturated heterocycles. The summed E-state index contributed by atoms with van der Waals surface area (Å²) in [5.41, 5.74) is 0.767. The number of amidine groups is 1. The molecule has 3 rings (SSSR count). The van der Waals surface area contributed by atoms with Crippen LogP contribution in [0.3, 0.4) is 0 Å². The minimum absolute atomic E-state index is 0.126. The fraction of sp³-hybridized carbons (Fsp3) is 0.316. The van der Waals surface area contributed by atoms with Gasteiger partial charge in [0.15, 0.2) is 5.17 Å². The maximum absolute atomic E-state index is 12.4. The molecule has 0 saturated carbocycles. The Kier molecular flexibility index (Phi) is 5.38. The van der Waals surface area contributed by atoms with E-state index in [1.54, 1.807) is 0 Å². The maximum atomic E-state index is 12.4. The van der Waals surface area contributed by atoms with Gasteiger partial charge in [-0.25, -0.2) is 0 Å². The molecule has 1 heterocycles. The second kappa shape index (κ2) is 7.70. The van der Waals surface area contributed by atoms with E-state index in [0.717, 1.165) is 34.7 Å². The van der Waals surface area contributed by atoms with Gasteiger partial charge in [-0.1, -0.05) is 48.2 Å². The molecule has 1 aliphatic heterocycles. The van der Waals surface area contributed by atoms with Crippen LogP contribution >= 0.6 is 11.8 Å². The van der Waals surface area contributed by atoms with Gasteiger partial charge in [0.1, 0.15) is 5.25 Å². The Bertz CT molecular complexity index is 825. The Morgan fingerprint density at radius 3 is 2.64 bits per heavy atom. The predicted molar refractivity (Wildman–Crippen MR) is 104 cm³/mol. The number of anilines is 1. The van der Waals surface area contributed by atoms with Gasteiger partial charge in [0.25, 0.3) is 5.91 Å². The van der Waals surface area contributed by atoms with Crippen LogP contribution in [0.1, 0.15) is 20.3 Å². The number of nitrogens with one attached hydrogen (secondary N) is 1. The van der Waals surface area contributed by atoms with Crippen molar-refractivity contribution in [2.75, 3.05) is 18.4 Å². The Morgan fingerprint density at radius 2 is 1.88 bits per heavy atom. The summed E-state index contributed by atoms with van der Waals surface area (Å²) in [6, 6.07) is 13.7. The largest absolute Gasteiger partial charge is 0.352 e. The molecule has 25 heavy (non-hydrogen) atoms. The molecule has 0 bridgehead atoms. The van der Waals surface area contributed by atoms with Crippen molar-refractivity contribution in [3.63, 3.8) is 0 Å². The summed E-state index contributed by atoms with van der Waals surface area (Å²) < 4.78 is 0. The number of amides is 2. The standard InChI is InChI=1S/C19H21N3O2S/c1-3-22(4-2)19-21-18(24)16(25-19)12-17(23)20-15-11-7-9-13-8-5-6-10-14(13)15/h5-11,16H,3-4,12H2,1-2H3,(H,20,23)/t16-/m1/s1. The Balaban J connectivity index is 1.66. The van der Waals surface area contributed by atoms with Crippen LogP contribution in [0.25, 0.3) is 10.8 Å². The lowest BCUT2D eigenvalue weighted by atomic mass is 10.1. The molecule has 0 aliphatic carbocycles. The lowest BCUT2D eigenvalue weighted by Gasteiger charge is -2.19. The van der Waals surface area contributed by atoms with Gasteiger partial charge in [0, 0.05) is 30.6 Å². The molecule has 2 amide bonds. The van der Waals surface area contributed by atoms with Crippen molar-refractivity contribution in [2.45, 2.75) is 25.5 Å². The van der Waals surface area contributed by atoms with E-state index in [1.165, 1.54) is 11.8 Å². The number of carbonyl (C=O) groups is 2. The Hall–Kier alpha value is -2.34. The van der Waals surface area contributed by atoms with Crippen LogP contribution in [-0.2, 0) is 9.59 Å². The van der Waals surface area contributed by atoms with E-state index in [4.69, 9.17) is 0 Å². The number of carbonyl (C=O) groups excluding carboxylic acids is 2. The molecular weight excluding hydrogens is 334 g/mol. The third-order valence-electron chi connectivity index (χ3n) is 4.20. The van der Waals surface area contributed by atoms with Crippen LogP contribution in [-0.4, -0.2) is 40.2 Å². The zero-order chi connectivity index (χ0) is 17.8. The van der Waals surface area contributed by atoms with Gasteiger partial charge >= 0.3 is 0 Å². The van der Waals surface area contributed by atoms with Gasteiger partial charge in [-0.3, -0.25) is 9.59 Å². The topological polar surface area (TPSA) is 61.8 Å². The lowest BCUT2D eigenvalue weighted by molar-refractivity contribution is -0.121. The highest BCUT2D eigenvalue weighted by atomic mass is 32.2. The van der Waals surface area contributed by atoms with Gasteiger partial charge in [-0.15, -0.1) is 0 Å². The second-order valence-corrected chi connectivity index (χ2v) is 6.96. The quantitative estimate of drug-likeness (QED) is 0.891. The van der Waals surface area contributed by atoms with Crippen molar-refractivity contribution < 1.29 is 9.59 Å². The molecular formula is C19H21N3O2S. The smallest absolute Gasteiger partial charge is 0.262 e. The number of fused-ring (bicyclic) bond motifs is 1. The zero-order valence-corrected chi connectivity index (χ0v) is 15.2. The lowest BCUT2D eigenvalue weighted by Crippen LogP contribution is -2.27. The summed E-state index contributed by atoms with van der Waals surface area (Å²) in [6.45, 7) is 5.64. The molecule has 0 aromatic heterocycles. The molecule has 0 spiro atoms. The second-order valence-electron chi connectivity index (χ2n) is 5.79. The fourth-order valence-electron chi connectivity index (χ4n) is 2.84. The van der Waals surface area contributed by atoms with Gasteiger partial charge in [0.05, 0.1) is 0 Å². The number of nitrogens with zero attached hydrogens (tertiary/aromatic N) is 2. The van der Waals surface area contributed by atoms with E-state index in [1.807, 2.05) is 61.2 Å². The van der Waals surface area contributed by atoms with Crippen LogP contribution in [0.15, 0.2) is 47.5 Å². The molecule has 6 heteroatoms. The van der Waals surface area contributed by atoms with Crippen molar-refractivity contribution in [2.24, 2.45) is 4.99 Å². The molecule has 130 valence electrons. The summed E-state index contributed by atoms with van der Waals surface area (Å²) >= 11 is 1.38. The molecule has 0 unspecified atom stereocenters. The van der Waals surface area contributed by atoms with Crippen molar-refractivity contribution >= 4 is 45.2 Å². The molecule has 0 fully saturated rings. The van der Waals surface area contributed by atoms with Gasteiger partial charge in [0.2, 0.25) is 5.91 Å². The average molecular weight is 355 g/mol. The van der Waals surface area contributed by atoms with E-state index in [0.29, 0.717) is 0 Å². The van der Waals surface area contributed by atoms with E-state index >= 15 is 0 Å². The molecule has 1 atom stereocenters. The van der Waals surface area contributed by atoms with Crippen molar-refractivity contribution in [1.29, 1.82) is 0 Å². The number of rotatable bonds is 5. The SMILES string of the molecule is CCN(CC)C1=NC(=O)[C@@H](CC(=O)Nc2cccc3ccccc23)S1. The Morgan fingerprint density at radius 1 is 1.16 bits per heavy atom. The first kappa shape index (κ1) is 17.5. The third-order valence-corrected chi connectivity index (χ3v) is 5.41. The highest BCUT2D eigenvalue weighted by molar-refractivity contribution is 8.15. The highest BCUT2D eigenvalue weighted by Crippen LogP contribution is 2.28. The third kappa shape index (κ3) is 3.85. The summed E-state index contributed by atoms with van der Waals surface area (Å²) in [5, 5.41) is 5.27. The summed E-state index contributed by atoms with van der Waals surface area (Å²) in [6.07, 6.45) is 0.126. The van der Waals surface area contributed by atoms with Crippen LogP contribution in [0.4, 0.5) is 5.69 Å². The van der Waals surface area contributed by atoms with E-state index < -0.39 is 5.25 Å². The first-order chi connectivity index (χ1) is 12.1. The minimum atomic E-state index is -0.439. The van der Waals surface area contributed by atoms with Crippen molar-refractivity contribution in [3.8, 4) is 0 Å². The van der Waals surface area contributed by atoms with Gasteiger partial charge in [-0.2, -0.15) is 4.99 Å². The number of benzene rings is 2. The average Bonchev–Trinajstić information content (AvgIpc) is 2.96. The molecule has 2 aromatic carbocycles. The first-order valence-corrected chi connectivity index (χ1v) is 9.32. The minimum Gasteiger partial charge on any atom is -0.352 e. The van der Waals surface area contributed by atoms with E-state index in [2.05, 4.69) is 10.3 Å². The summed E-state index contributed by atoms with van der Waals surface area (Å²) in [4.78, 5) is 30.7. The van der Waals surface area contributed by atoms with Crippen LogP contribution in [0, 0.1) is 0 Å². The summed E-state index contributed by atoms with van der Waals surface area (Å²) in [7, 11) is 0. The molecule has 2 aromatic rings. The van der Waals surface area contributed by atoms with Crippen molar-refractivity contribution in [1.82, 2.24) is 4.90 Å². The van der Waals surface area contributed by atoms with E-state index in [9.17, 15) is 9.59 Å². The van der Waals surface area contributed by atoms with Crippen LogP contribution in [0.2, 0.25) is 0 Å². The van der Waals surface area contributed by atoms with Gasteiger partial charge in [-0.05, 0) is 25.3 Å². The first-order valence-electron chi connectivity index (χ1n) is 8.44. The van der Waals surface area contributed by atoms with Crippen LogP contribution in [0.5, 0.6) is 0 Å². The zero-order valence-electron chi connectivity index (χ0n) is 14.4. The van der Waals surface area contributed by atoms with Crippen LogP contribution < -0.4 is 5.32 Å². The van der Waals surface area contributed by atoms with E-state index in [-0.39, 0.29) is 18.2 Å². The molecule has 5 nitrogen and oxygen atoms in total. The number of hydrogen-bond acceptors (Lipinski definition) is 4. The molecule has 0 radical (unpaired) electrons. The van der Waals surface area contributed by atoms with Gasteiger partial charge < -0.3 is 10.2 Å². The highest BCUT2D eigenvalue weighted by Gasteiger charge is 2.32. The maximum Gasteiger partial charge on any atom is 0.262 e. The fourth-order valence-corrected chi connectivity index (χ4v) is 4.04. The predicted octanol–water partition coefficient (Wildman–Crippen LogP) is 3.51. The number of hydrogen-bond donors (Lipinski definition) is 1. The van der Waals surface area contributed by atoms with Crippen molar-refractivity contribution in [3.05, 3.63) is 42.5 Å². The molecule has 1 aliphatic rings. The Labute approximate surface area is 151 Å². The molecule has 1 N–H and O–H groups in total. The number of thioether (sulfide) groups is 1. The monoisotopic (exact) mass is 355 g/mol. The number of aliphatic imine (C=N–C) groups is 1. The summed E-state index contributed by atoms with van der Waals surface area (Å²) in [5.74, 6) is -0.391.